The van der Waals surface area contributed by atoms with Crippen molar-refractivity contribution in [1.82, 2.24) is 10.0 Å². The summed E-state index contributed by atoms with van der Waals surface area (Å²) in [7, 11) is -3.77. The number of nitro benzene ring substituents is 1. The Morgan fingerprint density at radius 1 is 1.43 bits per heavy atom. The molecule has 0 aliphatic carbocycles. The Labute approximate surface area is 123 Å². The third kappa shape index (κ3) is 3.58. The second-order valence-electron chi connectivity index (χ2n) is 5.32. The third-order valence-electron chi connectivity index (χ3n) is 3.74. The molecule has 0 bridgehead atoms. The first-order valence-electron chi connectivity index (χ1n) is 6.82. The van der Waals surface area contributed by atoms with Gasteiger partial charge in [-0.1, -0.05) is 6.07 Å². The van der Waals surface area contributed by atoms with Gasteiger partial charge >= 0.3 is 0 Å². The Balaban J connectivity index is 2.30. The quantitative estimate of drug-likeness (QED) is 0.645. The molecule has 2 unspecified atom stereocenters. The van der Waals surface area contributed by atoms with Gasteiger partial charge in [0.05, 0.1) is 9.82 Å². The Kier molecular flexibility index (Phi) is 4.60. The fraction of sp³-hybridized carbons (Fsp3) is 0.538. The first kappa shape index (κ1) is 15.9. The van der Waals surface area contributed by atoms with Crippen LogP contribution in [-0.4, -0.2) is 32.0 Å². The molecule has 0 aromatic heterocycles. The van der Waals surface area contributed by atoms with Crippen LogP contribution in [0.1, 0.15) is 25.3 Å². The van der Waals surface area contributed by atoms with E-state index in [2.05, 4.69) is 10.0 Å². The summed E-state index contributed by atoms with van der Waals surface area (Å²) >= 11 is 0. The Hall–Kier alpha value is -1.51. The molecule has 0 spiro atoms. The molecular weight excluding hydrogens is 294 g/mol. The van der Waals surface area contributed by atoms with E-state index in [-0.39, 0.29) is 22.7 Å². The summed E-state index contributed by atoms with van der Waals surface area (Å²) in [5.41, 5.74) is 0.264. The van der Waals surface area contributed by atoms with Gasteiger partial charge in [0.2, 0.25) is 10.0 Å². The largest absolute Gasteiger partial charge is 0.313 e. The van der Waals surface area contributed by atoms with Gasteiger partial charge in [-0.05, 0) is 38.8 Å². The first-order valence-corrected chi connectivity index (χ1v) is 8.30. The molecule has 7 nitrogen and oxygen atoms in total. The number of hydrogen-bond donors (Lipinski definition) is 2. The van der Waals surface area contributed by atoms with Crippen LogP contribution < -0.4 is 10.0 Å². The standard InChI is InChI=1S/C13H19N3O4S/c1-9-5-6-11(16(17)18)8-13(9)21(19,20)15-12-4-3-7-14-10(12)2/h5-6,8,10,12,14-15H,3-4,7H2,1-2H3. The van der Waals surface area contributed by atoms with E-state index < -0.39 is 14.9 Å². The monoisotopic (exact) mass is 313 g/mol. The highest BCUT2D eigenvalue weighted by Crippen LogP contribution is 2.22. The van der Waals surface area contributed by atoms with Gasteiger partial charge < -0.3 is 5.32 Å². The number of hydrogen-bond acceptors (Lipinski definition) is 5. The number of rotatable bonds is 4. The summed E-state index contributed by atoms with van der Waals surface area (Å²) in [5.74, 6) is 0. The summed E-state index contributed by atoms with van der Waals surface area (Å²) in [6.07, 6.45) is 1.65. The predicted molar refractivity (Wildman–Crippen MR) is 78.6 cm³/mol. The van der Waals surface area contributed by atoms with Crippen molar-refractivity contribution < 1.29 is 13.3 Å². The summed E-state index contributed by atoms with van der Waals surface area (Å²) in [5, 5.41) is 14.0. The number of nitro groups is 1. The van der Waals surface area contributed by atoms with Gasteiger partial charge in [0.1, 0.15) is 0 Å². The normalized spacial score (nSPS) is 23.0. The van der Waals surface area contributed by atoms with Gasteiger partial charge in [0.25, 0.3) is 5.69 Å². The average Bonchev–Trinajstić information content (AvgIpc) is 2.41. The molecule has 2 N–H and O–H groups in total. The van der Waals surface area contributed by atoms with Crippen molar-refractivity contribution in [2.45, 2.75) is 43.7 Å². The van der Waals surface area contributed by atoms with Crippen LogP contribution in [-0.2, 0) is 10.0 Å². The van der Waals surface area contributed by atoms with E-state index in [1.165, 1.54) is 12.1 Å². The maximum atomic E-state index is 12.5. The van der Waals surface area contributed by atoms with Gasteiger partial charge in [-0.2, -0.15) is 0 Å². The molecule has 0 amide bonds. The lowest BCUT2D eigenvalue weighted by molar-refractivity contribution is -0.385. The number of aryl methyl sites for hydroxylation is 1. The highest BCUT2D eigenvalue weighted by atomic mass is 32.2. The average molecular weight is 313 g/mol. The molecule has 2 atom stereocenters. The van der Waals surface area contributed by atoms with Crippen molar-refractivity contribution >= 4 is 15.7 Å². The Morgan fingerprint density at radius 3 is 2.76 bits per heavy atom. The van der Waals surface area contributed by atoms with Gasteiger partial charge in [0, 0.05) is 24.2 Å². The fourth-order valence-electron chi connectivity index (χ4n) is 2.46. The minimum Gasteiger partial charge on any atom is -0.313 e. The Morgan fingerprint density at radius 2 is 2.14 bits per heavy atom. The zero-order chi connectivity index (χ0) is 15.6. The summed E-state index contributed by atoms with van der Waals surface area (Å²) in [6.45, 7) is 4.42. The molecule has 1 aromatic rings. The van der Waals surface area contributed by atoms with Crippen LogP contribution in [0.4, 0.5) is 5.69 Å². The summed E-state index contributed by atoms with van der Waals surface area (Å²) < 4.78 is 27.6. The fourth-order valence-corrected chi connectivity index (χ4v) is 4.07. The molecule has 2 rings (SSSR count). The van der Waals surface area contributed by atoms with Crippen LogP contribution >= 0.6 is 0 Å². The first-order chi connectivity index (χ1) is 9.81. The molecular formula is C13H19N3O4S. The molecule has 1 heterocycles. The van der Waals surface area contributed by atoms with Crippen molar-refractivity contribution in [2.24, 2.45) is 0 Å². The van der Waals surface area contributed by atoms with Crippen molar-refractivity contribution in [3.8, 4) is 0 Å². The van der Waals surface area contributed by atoms with Gasteiger partial charge in [0.15, 0.2) is 0 Å². The van der Waals surface area contributed by atoms with E-state index in [1.807, 2.05) is 6.92 Å². The van der Waals surface area contributed by atoms with Crippen LogP contribution in [0.5, 0.6) is 0 Å². The van der Waals surface area contributed by atoms with E-state index in [4.69, 9.17) is 0 Å². The number of nitrogens with one attached hydrogen (secondary N) is 2. The van der Waals surface area contributed by atoms with E-state index >= 15 is 0 Å². The molecule has 1 fully saturated rings. The molecule has 1 aromatic carbocycles. The van der Waals surface area contributed by atoms with Crippen LogP contribution in [0.25, 0.3) is 0 Å². The summed E-state index contributed by atoms with van der Waals surface area (Å²) in [6, 6.07) is 3.70. The minimum atomic E-state index is -3.77. The number of piperidine rings is 1. The van der Waals surface area contributed by atoms with E-state index in [0.29, 0.717) is 5.56 Å². The van der Waals surface area contributed by atoms with Crippen molar-refractivity contribution in [3.05, 3.63) is 33.9 Å². The maximum Gasteiger partial charge on any atom is 0.270 e. The van der Waals surface area contributed by atoms with Crippen molar-refractivity contribution in [1.29, 1.82) is 0 Å². The number of sulfonamides is 1. The SMILES string of the molecule is Cc1ccc([N+](=O)[O-])cc1S(=O)(=O)NC1CCCNC1C. The second kappa shape index (κ2) is 6.08. The molecule has 116 valence electrons. The zero-order valence-electron chi connectivity index (χ0n) is 12.0. The van der Waals surface area contributed by atoms with Crippen molar-refractivity contribution in [2.75, 3.05) is 6.54 Å². The van der Waals surface area contributed by atoms with Crippen molar-refractivity contribution in [3.63, 3.8) is 0 Å². The number of benzene rings is 1. The predicted octanol–water partition coefficient (Wildman–Crippen LogP) is 1.32. The second-order valence-corrected chi connectivity index (χ2v) is 7.00. The van der Waals surface area contributed by atoms with Gasteiger partial charge in [-0.25, -0.2) is 13.1 Å². The molecule has 0 saturated carbocycles. The molecule has 0 radical (unpaired) electrons. The highest BCUT2D eigenvalue weighted by Gasteiger charge is 2.28. The molecule has 8 heteroatoms. The molecule has 1 saturated heterocycles. The third-order valence-corrected chi connectivity index (χ3v) is 5.37. The van der Waals surface area contributed by atoms with Crippen LogP contribution in [0.2, 0.25) is 0 Å². The van der Waals surface area contributed by atoms with Crippen LogP contribution in [0.15, 0.2) is 23.1 Å². The minimum absolute atomic E-state index is 0.0329. The van der Waals surface area contributed by atoms with E-state index in [0.717, 1.165) is 25.5 Å². The lowest BCUT2D eigenvalue weighted by atomic mass is 10.0. The highest BCUT2D eigenvalue weighted by molar-refractivity contribution is 7.89. The van der Waals surface area contributed by atoms with E-state index in [1.54, 1.807) is 6.92 Å². The molecule has 1 aliphatic rings. The topological polar surface area (TPSA) is 101 Å². The molecule has 1 aliphatic heterocycles. The van der Waals surface area contributed by atoms with Gasteiger partial charge in [-0.15, -0.1) is 0 Å². The van der Waals surface area contributed by atoms with Crippen LogP contribution in [0, 0.1) is 17.0 Å². The molecule has 21 heavy (non-hydrogen) atoms. The van der Waals surface area contributed by atoms with E-state index in [9.17, 15) is 18.5 Å². The zero-order valence-corrected chi connectivity index (χ0v) is 12.8. The lowest BCUT2D eigenvalue weighted by Crippen LogP contribution is -2.51. The smallest absolute Gasteiger partial charge is 0.270 e. The van der Waals surface area contributed by atoms with Gasteiger partial charge in [-0.3, -0.25) is 10.1 Å². The summed E-state index contributed by atoms with van der Waals surface area (Å²) in [4.78, 5) is 10.2. The Bertz CT molecular complexity index is 645. The lowest BCUT2D eigenvalue weighted by Gasteiger charge is -2.30. The maximum absolute atomic E-state index is 12.5. The number of non-ortho nitro benzene ring substituents is 1. The van der Waals surface area contributed by atoms with Crippen LogP contribution in [0.3, 0.4) is 0 Å². The number of nitrogens with zero attached hydrogens (tertiary/aromatic N) is 1.